The Balaban J connectivity index is 2.50. The van der Waals surface area contributed by atoms with E-state index in [9.17, 15) is 10.1 Å². The maximum absolute atomic E-state index is 11.9. The Hall–Kier alpha value is -2.32. The number of esters is 1. The quantitative estimate of drug-likeness (QED) is 0.806. The minimum atomic E-state index is -0.378. The molecule has 0 saturated heterocycles. The molecule has 0 radical (unpaired) electrons. The van der Waals surface area contributed by atoms with Crippen molar-refractivity contribution < 1.29 is 14.3 Å². The lowest BCUT2D eigenvalue weighted by Gasteiger charge is -2.02. The summed E-state index contributed by atoms with van der Waals surface area (Å²) in [5.74, 6) is 0.368. The number of benzene rings is 1. The zero-order valence-corrected chi connectivity index (χ0v) is 12.9. The number of carbonyl (C=O) groups excluding carboxylic acids is 1. The molecule has 2 rings (SSSR count). The molecule has 1 heterocycles. The van der Waals surface area contributed by atoms with Crippen LogP contribution in [0.25, 0.3) is 10.4 Å². The van der Waals surface area contributed by atoms with Crippen molar-refractivity contribution in [2.24, 2.45) is 0 Å². The van der Waals surface area contributed by atoms with Gasteiger partial charge < -0.3 is 9.47 Å². The van der Waals surface area contributed by atoms with Gasteiger partial charge in [0.2, 0.25) is 0 Å². The third kappa shape index (κ3) is 2.91. The summed E-state index contributed by atoms with van der Waals surface area (Å²) < 4.78 is 10.2. The third-order valence-corrected chi connectivity index (χ3v) is 4.39. The molecule has 0 aliphatic carbocycles. The number of hydrogen-bond donors (Lipinski definition) is 0. The van der Waals surface area contributed by atoms with Gasteiger partial charge in [0, 0.05) is 0 Å². The number of nitrogens with zero attached hydrogens (tertiary/aromatic N) is 1. The molecule has 1 aromatic heterocycles. The first-order chi connectivity index (χ1) is 10.1. The van der Waals surface area contributed by atoms with Crippen LogP contribution in [0.2, 0.25) is 0 Å². The standard InChI is InChI=1S/C16H15NO3S/c1-4-20-16(18)14-10(2)13(9-17)15(21-14)11-5-7-12(19-3)8-6-11/h5-8H,4H2,1-3H3. The van der Waals surface area contributed by atoms with Gasteiger partial charge in [0.25, 0.3) is 0 Å². The Morgan fingerprint density at radius 3 is 2.52 bits per heavy atom. The second-order valence-electron chi connectivity index (χ2n) is 4.32. The summed E-state index contributed by atoms with van der Waals surface area (Å²) in [6.45, 7) is 3.85. The molecular formula is C16H15NO3S. The number of rotatable bonds is 4. The lowest BCUT2D eigenvalue weighted by molar-refractivity contribution is 0.0531. The monoisotopic (exact) mass is 301 g/mol. The van der Waals surface area contributed by atoms with Gasteiger partial charge in [-0.1, -0.05) is 0 Å². The number of thiophene rings is 1. The fourth-order valence-corrected chi connectivity index (χ4v) is 3.14. The zero-order valence-electron chi connectivity index (χ0n) is 12.1. The molecule has 0 amide bonds. The molecule has 5 heteroatoms. The van der Waals surface area contributed by atoms with Crippen LogP contribution in [0, 0.1) is 18.3 Å². The summed E-state index contributed by atoms with van der Waals surface area (Å²) in [5.41, 5.74) is 2.08. The van der Waals surface area contributed by atoms with Crippen molar-refractivity contribution in [1.82, 2.24) is 0 Å². The van der Waals surface area contributed by atoms with Crippen LogP contribution in [0.3, 0.4) is 0 Å². The summed E-state index contributed by atoms with van der Waals surface area (Å²) in [5, 5.41) is 9.37. The lowest BCUT2D eigenvalue weighted by atomic mass is 10.1. The Labute approximate surface area is 127 Å². The Kier molecular flexibility index (Phi) is 4.61. The molecule has 0 atom stereocenters. The van der Waals surface area contributed by atoms with E-state index in [2.05, 4.69) is 6.07 Å². The highest BCUT2D eigenvalue weighted by atomic mass is 32.1. The minimum Gasteiger partial charge on any atom is -0.497 e. The molecule has 21 heavy (non-hydrogen) atoms. The summed E-state index contributed by atoms with van der Waals surface area (Å²) in [6, 6.07) is 9.59. The average Bonchev–Trinajstić information content (AvgIpc) is 2.84. The first kappa shape index (κ1) is 15.1. The van der Waals surface area contributed by atoms with Crippen LogP contribution in [0.15, 0.2) is 24.3 Å². The van der Waals surface area contributed by atoms with E-state index in [4.69, 9.17) is 9.47 Å². The molecule has 0 aliphatic rings. The highest BCUT2D eigenvalue weighted by molar-refractivity contribution is 7.17. The van der Waals surface area contributed by atoms with Gasteiger partial charge in [0.15, 0.2) is 0 Å². The van der Waals surface area contributed by atoms with Gasteiger partial charge in [-0.25, -0.2) is 4.79 Å². The van der Waals surface area contributed by atoms with E-state index < -0.39 is 0 Å². The number of ether oxygens (including phenoxy) is 2. The van der Waals surface area contributed by atoms with Gasteiger partial charge >= 0.3 is 5.97 Å². The smallest absolute Gasteiger partial charge is 0.348 e. The normalized spacial score (nSPS) is 10.0. The molecule has 0 saturated carbocycles. The predicted molar refractivity (Wildman–Crippen MR) is 81.7 cm³/mol. The van der Waals surface area contributed by atoms with Crippen LogP contribution in [-0.2, 0) is 4.74 Å². The van der Waals surface area contributed by atoms with E-state index in [-0.39, 0.29) is 5.97 Å². The Morgan fingerprint density at radius 1 is 1.33 bits per heavy atom. The van der Waals surface area contributed by atoms with Crippen molar-refractivity contribution in [1.29, 1.82) is 5.26 Å². The topological polar surface area (TPSA) is 59.3 Å². The van der Waals surface area contributed by atoms with Crippen LogP contribution >= 0.6 is 11.3 Å². The van der Waals surface area contributed by atoms with Gasteiger partial charge in [-0.15, -0.1) is 11.3 Å². The van der Waals surface area contributed by atoms with E-state index in [0.29, 0.717) is 22.6 Å². The van der Waals surface area contributed by atoms with Crippen molar-refractivity contribution in [2.75, 3.05) is 13.7 Å². The molecule has 4 nitrogen and oxygen atoms in total. The first-order valence-electron chi connectivity index (χ1n) is 6.47. The van der Waals surface area contributed by atoms with Gasteiger partial charge in [0.05, 0.1) is 24.2 Å². The van der Waals surface area contributed by atoms with Crippen LogP contribution < -0.4 is 4.74 Å². The maximum atomic E-state index is 11.9. The fraction of sp³-hybridized carbons (Fsp3) is 0.250. The summed E-state index contributed by atoms with van der Waals surface area (Å²) in [6.07, 6.45) is 0. The van der Waals surface area contributed by atoms with E-state index in [1.807, 2.05) is 24.3 Å². The maximum Gasteiger partial charge on any atom is 0.348 e. The van der Waals surface area contributed by atoms with Gasteiger partial charge in [0.1, 0.15) is 16.7 Å². The second kappa shape index (κ2) is 6.42. The number of carbonyl (C=O) groups is 1. The number of hydrogen-bond acceptors (Lipinski definition) is 5. The highest BCUT2D eigenvalue weighted by Crippen LogP contribution is 2.37. The van der Waals surface area contributed by atoms with Gasteiger partial charge in [-0.05, 0) is 49.2 Å². The van der Waals surface area contributed by atoms with Gasteiger partial charge in [-0.2, -0.15) is 5.26 Å². The second-order valence-corrected chi connectivity index (χ2v) is 5.34. The van der Waals surface area contributed by atoms with Crippen molar-refractivity contribution in [2.45, 2.75) is 13.8 Å². The van der Waals surface area contributed by atoms with E-state index in [1.54, 1.807) is 21.0 Å². The molecule has 0 unspecified atom stereocenters. The number of nitriles is 1. The number of methoxy groups -OCH3 is 1. The molecular weight excluding hydrogens is 286 g/mol. The van der Waals surface area contributed by atoms with Crippen LogP contribution in [-0.4, -0.2) is 19.7 Å². The zero-order chi connectivity index (χ0) is 15.4. The molecule has 2 aromatic rings. The summed E-state index contributed by atoms with van der Waals surface area (Å²) in [4.78, 5) is 13.2. The summed E-state index contributed by atoms with van der Waals surface area (Å²) >= 11 is 1.29. The lowest BCUT2D eigenvalue weighted by Crippen LogP contribution is -2.03. The van der Waals surface area contributed by atoms with Gasteiger partial charge in [-0.3, -0.25) is 0 Å². The first-order valence-corrected chi connectivity index (χ1v) is 7.29. The van der Waals surface area contributed by atoms with E-state index in [1.165, 1.54) is 11.3 Å². The summed E-state index contributed by atoms with van der Waals surface area (Å²) in [7, 11) is 1.60. The minimum absolute atomic E-state index is 0.315. The molecule has 0 fully saturated rings. The van der Waals surface area contributed by atoms with Crippen LogP contribution in [0.1, 0.15) is 27.7 Å². The predicted octanol–water partition coefficient (Wildman–Crippen LogP) is 3.78. The van der Waals surface area contributed by atoms with E-state index >= 15 is 0 Å². The molecule has 0 spiro atoms. The largest absolute Gasteiger partial charge is 0.497 e. The molecule has 0 bridgehead atoms. The van der Waals surface area contributed by atoms with Crippen molar-refractivity contribution in [3.05, 3.63) is 40.3 Å². The van der Waals surface area contributed by atoms with Crippen LogP contribution in [0.4, 0.5) is 0 Å². The molecule has 0 aliphatic heterocycles. The highest BCUT2D eigenvalue weighted by Gasteiger charge is 2.21. The Bertz CT molecular complexity index is 696. The molecule has 108 valence electrons. The third-order valence-electron chi connectivity index (χ3n) is 3.07. The average molecular weight is 301 g/mol. The van der Waals surface area contributed by atoms with Crippen molar-refractivity contribution in [3.8, 4) is 22.3 Å². The van der Waals surface area contributed by atoms with Crippen molar-refractivity contribution in [3.63, 3.8) is 0 Å². The molecule has 0 N–H and O–H groups in total. The van der Waals surface area contributed by atoms with Crippen molar-refractivity contribution >= 4 is 17.3 Å². The van der Waals surface area contributed by atoms with Crippen LogP contribution in [0.5, 0.6) is 5.75 Å². The fourth-order valence-electron chi connectivity index (χ4n) is 1.99. The van der Waals surface area contributed by atoms with E-state index in [0.717, 1.165) is 16.2 Å². The molecule has 1 aromatic carbocycles. The SMILES string of the molecule is CCOC(=O)c1sc(-c2ccc(OC)cc2)c(C#N)c1C. The Morgan fingerprint density at radius 2 is 2.00 bits per heavy atom.